The van der Waals surface area contributed by atoms with E-state index in [9.17, 15) is 0 Å². The third-order valence-electron chi connectivity index (χ3n) is 5.42. The normalized spacial score (nSPS) is 15.1. The van der Waals surface area contributed by atoms with Gasteiger partial charge in [-0.25, -0.2) is 0 Å². The lowest BCUT2D eigenvalue weighted by Crippen LogP contribution is -2.10. The minimum absolute atomic E-state index is 0.286. The predicted molar refractivity (Wildman–Crippen MR) is 108 cm³/mol. The van der Waals surface area contributed by atoms with Crippen molar-refractivity contribution in [3.8, 4) is 11.8 Å². The van der Waals surface area contributed by atoms with Crippen LogP contribution in [-0.2, 0) is 6.42 Å². The van der Waals surface area contributed by atoms with Crippen LogP contribution >= 0.6 is 0 Å². The van der Waals surface area contributed by atoms with Crippen molar-refractivity contribution in [1.82, 2.24) is 4.98 Å². The first-order chi connectivity index (χ1) is 13.3. The molecule has 27 heavy (non-hydrogen) atoms. The van der Waals surface area contributed by atoms with Gasteiger partial charge >= 0.3 is 6.08 Å². The number of aryl methyl sites for hydroxylation is 1. The van der Waals surface area contributed by atoms with Crippen molar-refractivity contribution in [2.24, 2.45) is 17.6 Å². The minimum Gasteiger partial charge on any atom is -0.411 e. The van der Waals surface area contributed by atoms with Crippen LogP contribution in [0.25, 0.3) is 11.1 Å². The number of hydrogen-bond acceptors (Lipinski definition) is 4. The number of nitrogens with zero attached hydrogens (tertiary/aromatic N) is 1. The van der Waals surface area contributed by atoms with Gasteiger partial charge in [-0.05, 0) is 73.9 Å². The van der Waals surface area contributed by atoms with Crippen molar-refractivity contribution in [2.75, 3.05) is 6.54 Å². The van der Waals surface area contributed by atoms with Crippen LogP contribution in [0.5, 0.6) is 11.8 Å². The highest BCUT2D eigenvalue weighted by Gasteiger charge is 2.24. The molecule has 1 fully saturated rings. The van der Waals surface area contributed by atoms with Gasteiger partial charge in [-0.15, -0.1) is 0 Å². The highest BCUT2D eigenvalue weighted by molar-refractivity contribution is 5.72. The Hall–Kier alpha value is -2.33. The maximum absolute atomic E-state index is 5.79. The van der Waals surface area contributed by atoms with Crippen molar-refractivity contribution in [3.63, 3.8) is 0 Å². The first-order valence-electron chi connectivity index (χ1n) is 10.1. The van der Waals surface area contributed by atoms with E-state index in [1.54, 1.807) is 0 Å². The standard InChI is InChI=1S/C23H28N2O2/c24-15-14-18(16-19-8-9-19)5-3-4-17-10-12-20(13-11-17)26-23-25-21-6-1-2-7-22(21)27-23/h1-2,6-7,10-13,18-19H,3-5,8-9,14-16,24H2. The molecule has 0 saturated heterocycles. The molecule has 1 unspecified atom stereocenters. The third-order valence-corrected chi connectivity index (χ3v) is 5.42. The van der Waals surface area contributed by atoms with E-state index in [1.165, 1.54) is 44.1 Å². The summed E-state index contributed by atoms with van der Waals surface area (Å²) in [5.74, 6) is 2.55. The van der Waals surface area contributed by atoms with Gasteiger partial charge in [0.2, 0.25) is 0 Å². The average Bonchev–Trinajstić information content (AvgIpc) is 3.40. The second kappa shape index (κ2) is 8.57. The number of nitrogens with two attached hydrogens (primary N) is 1. The molecular weight excluding hydrogens is 336 g/mol. The van der Waals surface area contributed by atoms with E-state index in [0.717, 1.165) is 41.7 Å². The summed E-state index contributed by atoms with van der Waals surface area (Å²) in [5, 5.41) is 0. The molecule has 4 rings (SSSR count). The van der Waals surface area contributed by atoms with E-state index in [1.807, 2.05) is 36.4 Å². The third kappa shape index (κ3) is 5.10. The van der Waals surface area contributed by atoms with Gasteiger partial charge in [-0.1, -0.05) is 43.5 Å². The molecule has 2 N–H and O–H groups in total. The highest BCUT2D eigenvalue weighted by atomic mass is 16.6. The van der Waals surface area contributed by atoms with Crippen LogP contribution in [0, 0.1) is 11.8 Å². The van der Waals surface area contributed by atoms with Gasteiger partial charge in [0.15, 0.2) is 5.58 Å². The van der Waals surface area contributed by atoms with E-state index in [4.69, 9.17) is 14.9 Å². The molecule has 4 heteroatoms. The van der Waals surface area contributed by atoms with Gasteiger partial charge in [-0.2, -0.15) is 4.98 Å². The van der Waals surface area contributed by atoms with E-state index in [0.29, 0.717) is 0 Å². The molecule has 0 radical (unpaired) electrons. The summed E-state index contributed by atoms with van der Waals surface area (Å²) in [7, 11) is 0. The monoisotopic (exact) mass is 364 g/mol. The Bertz CT molecular complexity index is 819. The summed E-state index contributed by atoms with van der Waals surface area (Å²) in [6.07, 6.45) is 9.33. The Balaban J connectivity index is 1.27. The van der Waals surface area contributed by atoms with Gasteiger partial charge in [0.25, 0.3) is 0 Å². The molecule has 0 spiro atoms. The molecule has 0 aliphatic heterocycles. The number of benzene rings is 2. The number of para-hydroxylation sites is 2. The first-order valence-corrected chi connectivity index (χ1v) is 10.1. The first kappa shape index (κ1) is 18.1. The fraction of sp³-hybridized carbons (Fsp3) is 0.435. The number of ether oxygens (including phenoxy) is 1. The molecular formula is C23H28N2O2. The van der Waals surface area contributed by atoms with Crippen molar-refractivity contribution in [1.29, 1.82) is 0 Å². The number of hydrogen-bond donors (Lipinski definition) is 1. The van der Waals surface area contributed by atoms with Crippen molar-refractivity contribution in [2.45, 2.75) is 44.9 Å². The minimum atomic E-state index is 0.286. The summed E-state index contributed by atoms with van der Waals surface area (Å²) < 4.78 is 11.4. The SMILES string of the molecule is NCCC(CCCc1ccc(Oc2nc3ccccc3o2)cc1)CC1CC1. The van der Waals surface area contributed by atoms with Crippen LogP contribution < -0.4 is 10.5 Å². The summed E-state index contributed by atoms with van der Waals surface area (Å²) in [4.78, 5) is 4.35. The summed E-state index contributed by atoms with van der Waals surface area (Å²) >= 11 is 0. The second-order valence-electron chi connectivity index (χ2n) is 7.71. The summed E-state index contributed by atoms with van der Waals surface area (Å²) in [6, 6.07) is 15.9. The van der Waals surface area contributed by atoms with E-state index >= 15 is 0 Å². The van der Waals surface area contributed by atoms with Gasteiger partial charge < -0.3 is 14.9 Å². The zero-order valence-electron chi connectivity index (χ0n) is 15.8. The highest BCUT2D eigenvalue weighted by Crippen LogP contribution is 2.37. The van der Waals surface area contributed by atoms with Crippen molar-refractivity contribution in [3.05, 3.63) is 54.1 Å². The molecule has 1 aliphatic rings. The Kier molecular flexibility index (Phi) is 5.73. The zero-order valence-corrected chi connectivity index (χ0v) is 15.8. The predicted octanol–water partition coefficient (Wildman–Crippen LogP) is 5.71. The molecule has 1 aliphatic carbocycles. The Morgan fingerprint density at radius 2 is 1.89 bits per heavy atom. The van der Waals surface area contributed by atoms with E-state index in [2.05, 4.69) is 17.1 Å². The van der Waals surface area contributed by atoms with E-state index < -0.39 is 0 Å². The molecule has 1 heterocycles. The number of oxazole rings is 1. The van der Waals surface area contributed by atoms with Crippen molar-refractivity contribution < 1.29 is 9.15 Å². The second-order valence-corrected chi connectivity index (χ2v) is 7.71. The zero-order chi connectivity index (χ0) is 18.5. The van der Waals surface area contributed by atoms with Crippen molar-refractivity contribution >= 4 is 11.1 Å². The van der Waals surface area contributed by atoms with Gasteiger partial charge in [0, 0.05) is 0 Å². The van der Waals surface area contributed by atoms with E-state index in [-0.39, 0.29) is 6.08 Å². The molecule has 0 bridgehead atoms. The smallest absolute Gasteiger partial charge is 0.400 e. The molecule has 142 valence electrons. The molecule has 1 atom stereocenters. The Morgan fingerprint density at radius 1 is 1.07 bits per heavy atom. The maximum Gasteiger partial charge on any atom is 0.400 e. The van der Waals surface area contributed by atoms with Gasteiger partial charge in [-0.3, -0.25) is 0 Å². The van der Waals surface area contributed by atoms with Crippen LogP contribution in [-0.4, -0.2) is 11.5 Å². The number of aromatic nitrogens is 1. The molecule has 1 aromatic heterocycles. The van der Waals surface area contributed by atoms with Gasteiger partial charge in [0.1, 0.15) is 11.3 Å². The lowest BCUT2D eigenvalue weighted by atomic mass is 9.92. The topological polar surface area (TPSA) is 61.3 Å². The molecule has 3 aromatic rings. The van der Waals surface area contributed by atoms with Crippen LogP contribution in [0.3, 0.4) is 0 Å². The fourth-order valence-electron chi connectivity index (χ4n) is 3.76. The maximum atomic E-state index is 5.79. The quantitative estimate of drug-likeness (QED) is 0.501. The summed E-state index contributed by atoms with van der Waals surface area (Å²) in [5.41, 5.74) is 8.68. The lowest BCUT2D eigenvalue weighted by molar-refractivity contribution is 0.343. The van der Waals surface area contributed by atoms with Gasteiger partial charge in [0.05, 0.1) is 0 Å². The summed E-state index contributed by atoms with van der Waals surface area (Å²) in [6.45, 7) is 0.819. The average molecular weight is 364 g/mol. The Morgan fingerprint density at radius 3 is 2.63 bits per heavy atom. The molecule has 2 aromatic carbocycles. The van der Waals surface area contributed by atoms with Crippen LogP contribution in [0.4, 0.5) is 0 Å². The number of fused-ring (bicyclic) bond motifs is 1. The molecule has 0 amide bonds. The van der Waals surface area contributed by atoms with Crippen LogP contribution in [0.1, 0.15) is 44.1 Å². The Labute approximate surface area is 160 Å². The largest absolute Gasteiger partial charge is 0.411 e. The molecule has 1 saturated carbocycles. The lowest BCUT2D eigenvalue weighted by Gasteiger charge is -2.15. The number of rotatable bonds is 10. The van der Waals surface area contributed by atoms with Crippen LogP contribution in [0.15, 0.2) is 52.9 Å². The fourth-order valence-corrected chi connectivity index (χ4v) is 3.76. The van der Waals surface area contributed by atoms with Crippen LogP contribution in [0.2, 0.25) is 0 Å². The molecule has 4 nitrogen and oxygen atoms in total.